The summed E-state index contributed by atoms with van der Waals surface area (Å²) in [7, 11) is 0. The molecule has 3 heteroatoms. The number of hydrogen-bond acceptors (Lipinski definition) is 3. The molecule has 1 saturated carbocycles. The van der Waals surface area contributed by atoms with E-state index < -0.39 is 0 Å². The lowest BCUT2D eigenvalue weighted by atomic mass is 9.84. The van der Waals surface area contributed by atoms with E-state index in [-0.39, 0.29) is 0 Å². The fourth-order valence-electron chi connectivity index (χ4n) is 2.78. The van der Waals surface area contributed by atoms with E-state index >= 15 is 0 Å². The fraction of sp³-hybridized carbons (Fsp3) is 1.00. The van der Waals surface area contributed by atoms with Gasteiger partial charge in [-0.2, -0.15) is 0 Å². The largest absolute Gasteiger partial charge is 0.376 e. The molecule has 1 aliphatic heterocycles. The van der Waals surface area contributed by atoms with Gasteiger partial charge in [0.25, 0.3) is 0 Å². The third kappa shape index (κ3) is 4.23. The van der Waals surface area contributed by atoms with Crippen molar-refractivity contribution in [3.8, 4) is 0 Å². The van der Waals surface area contributed by atoms with Gasteiger partial charge in [0.15, 0.2) is 0 Å². The van der Waals surface area contributed by atoms with Crippen LogP contribution in [0.25, 0.3) is 0 Å². The van der Waals surface area contributed by atoms with E-state index in [9.17, 15) is 0 Å². The molecule has 0 aromatic carbocycles. The van der Waals surface area contributed by atoms with Crippen molar-refractivity contribution in [3.05, 3.63) is 0 Å². The third-order valence-electron chi connectivity index (χ3n) is 3.99. The monoisotopic (exact) mass is 241 g/mol. The average Bonchev–Trinajstić information content (AvgIpc) is 2.32. The standard InChI is InChI=1S/C14H27NO2/c1-2-8-15-14(11-17-13-9-16-10-13)12-6-4-3-5-7-12/h12-15H,2-11H2,1H3. The summed E-state index contributed by atoms with van der Waals surface area (Å²) in [5, 5.41) is 3.68. The van der Waals surface area contributed by atoms with E-state index in [2.05, 4.69) is 12.2 Å². The summed E-state index contributed by atoms with van der Waals surface area (Å²) in [4.78, 5) is 0. The topological polar surface area (TPSA) is 30.5 Å². The minimum atomic E-state index is 0.365. The zero-order chi connectivity index (χ0) is 11.9. The second kappa shape index (κ2) is 7.34. The molecule has 0 bridgehead atoms. The van der Waals surface area contributed by atoms with Gasteiger partial charge in [0.05, 0.1) is 19.8 Å². The Morgan fingerprint density at radius 1 is 1.24 bits per heavy atom. The predicted octanol–water partition coefficient (Wildman–Crippen LogP) is 2.35. The second-order valence-electron chi connectivity index (χ2n) is 5.45. The van der Waals surface area contributed by atoms with E-state index in [1.165, 1.54) is 38.5 Å². The van der Waals surface area contributed by atoms with Gasteiger partial charge in [-0.05, 0) is 31.7 Å². The van der Waals surface area contributed by atoms with Gasteiger partial charge in [-0.3, -0.25) is 0 Å². The van der Waals surface area contributed by atoms with Gasteiger partial charge in [0, 0.05) is 6.04 Å². The van der Waals surface area contributed by atoms with Crippen molar-refractivity contribution in [1.29, 1.82) is 0 Å². The molecule has 2 fully saturated rings. The Balaban J connectivity index is 1.73. The highest BCUT2D eigenvalue weighted by Gasteiger charge is 2.26. The Labute approximate surface area is 105 Å². The molecule has 1 unspecified atom stereocenters. The lowest BCUT2D eigenvalue weighted by Gasteiger charge is -2.34. The van der Waals surface area contributed by atoms with Gasteiger partial charge in [0.1, 0.15) is 6.10 Å². The van der Waals surface area contributed by atoms with Gasteiger partial charge < -0.3 is 14.8 Å². The van der Waals surface area contributed by atoms with Crippen LogP contribution in [0.5, 0.6) is 0 Å². The normalized spacial score (nSPS) is 24.5. The summed E-state index contributed by atoms with van der Waals surface area (Å²) in [5.74, 6) is 0.830. The summed E-state index contributed by atoms with van der Waals surface area (Å²) < 4.78 is 11.1. The van der Waals surface area contributed by atoms with Crippen LogP contribution in [-0.4, -0.2) is 38.5 Å². The minimum Gasteiger partial charge on any atom is -0.376 e. The molecule has 1 heterocycles. The number of rotatable bonds is 7. The predicted molar refractivity (Wildman–Crippen MR) is 69.2 cm³/mol. The summed E-state index contributed by atoms with van der Waals surface area (Å²) in [5.41, 5.74) is 0. The Kier molecular flexibility index (Phi) is 5.75. The van der Waals surface area contributed by atoms with Crippen LogP contribution in [0.3, 0.4) is 0 Å². The van der Waals surface area contributed by atoms with Crippen molar-refractivity contribution in [3.63, 3.8) is 0 Å². The lowest BCUT2D eigenvalue weighted by molar-refractivity contribution is -0.135. The van der Waals surface area contributed by atoms with Crippen molar-refractivity contribution in [2.24, 2.45) is 5.92 Å². The first-order chi connectivity index (χ1) is 8.40. The maximum atomic E-state index is 5.90. The van der Waals surface area contributed by atoms with E-state index in [4.69, 9.17) is 9.47 Å². The molecule has 0 aromatic rings. The SMILES string of the molecule is CCCNC(COC1COC1)C1CCCCC1. The van der Waals surface area contributed by atoms with Crippen LogP contribution in [0.15, 0.2) is 0 Å². The zero-order valence-corrected chi connectivity index (χ0v) is 11.1. The van der Waals surface area contributed by atoms with Crippen molar-refractivity contribution in [2.45, 2.75) is 57.6 Å². The van der Waals surface area contributed by atoms with Crippen LogP contribution < -0.4 is 5.32 Å². The molecular formula is C14H27NO2. The van der Waals surface area contributed by atoms with Gasteiger partial charge in [0.2, 0.25) is 0 Å². The van der Waals surface area contributed by atoms with Crippen molar-refractivity contribution < 1.29 is 9.47 Å². The van der Waals surface area contributed by atoms with Crippen molar-refractivity contribution in [2.75, 3.05) is 26.4 Å². The average molecular weight is 241 g/mol. The first-order valence-electron chi connectivity index (χ1n) is 7.33. The molecule has 0 aromatic heterocycles. The van der Waals surface area contributed by atoms with E-state index in [0.29, 0.717) is 12.1 Å². The Morgan fingerprint density at radius 2 is 2.00 bits per heavy atom. The first-order valence-corrected chi connectivity index (χ1v) is 7.33. The highest BCUT2D eigenvalue weighted by Crippen LogP contribution is 2.27. The van der Waals surface area contributed by atoms with Crippen LogP contribution in [0.1, 0.15) is 45.4 Å². The van der Waals surface area contributed by atoms with Crippen LogP contribution in [0.4, 0.5) is 0 Å². The van der Waals surface area contributed by atoms with E-state index in [1.807, 2.05) is 0 Å². The smallest absolute Gasteiger partial charge is 0.104 e. The maximum Gasteiger partial charge on any atom is 0.104 e. The van der Waals surface area contributed by atoms with Crippen molar-refractivity contribution in [1.82, 2.24) is 5.32 Å². The first kappa shape index (κ1) is 13.3. The molecule has 1 N–H and O–H groups in total. The molecule has 0 radical (unpaired) electrons. The Morgan fingerprint density at radius 3 is 2.59 bits per heavy atom. The molecule has 1 aliphatic carbocycles. The van der Waals surface area contributed by atoms with Crippen LogP contribution in [-0.2, 0) is 9.47 Å². The Bertz CT molecular complexity index is 200. The highest BCUT2D eigenvalue weighted by molar-refractivity contribution is 4.80. The minimum absolute atomic E-state index is 0.365. The zero-order valence-electron chi connectivity index (χ0n) is 11.1. The summed E-state index contributed by atoms with van der Waals surface area (Å²) in [6.07, 6.45) is 8.56. The lowest BCUT2D eigenvalue weighted by Crippen LogP contribution is -2.45. The quantitative estimate of drug-likeness (QED) is 0.742. The summed E-state index contributed by atoms with van der Waals surface area (Å²) in [6, 6.07) is 0.566. The molecule has 100 valence electrons. The van der Waals surface area contributed by atoms with Gasteiger partial charge >= 0.3 is 0 Å². The molecule has 1 saturated heterocycles. The highest BCUT2D eigenvalue weighted by atomic mass is 16.6. The van der Waals surface area contributed by atoms with Crippen molar-refractivity contribution >= 4 is 0 Å². The number of hydrogen-bond donors (Lipinski definition) is 1. The van der Waals surface area contributed by atoms with Crippen LogP contribution >= 0.6 is 0 Å². The van der Waals surface area contributed by atoms with E-state index in [0.717, 1.165) is 32.3 Å². The van der Waals surface area contributed by atoms with E-state index in [1.54, 1.807) is 0 Å². The molecule has 1 atom stereocenters. The van der Waals surface area contributed by atoms with Gasteiger partial charge in [-0.25, -0.2) is 0 Å². The number of ether oxygens (including phenoxy) is 2. The molecule has 2 rings (SSSR count). The molecule has 3 nitrogen and oxygen atoms in total. The van der Waals surface area contributed by atoms with Crippen LogP contribution in [0.2, 0.25) is 0 Å². The Hall–Kier alpha value is -0.120. The van der Waals surface area contributed by atoms with Gasteiger partial charge in [-0.15, -0.1) is 0 Å². The summed E-state index contributed by atoms with van der Waals surface area (Å²) in [6.45, 7) is 5.81. The second-order valence-corrected chi connectivity index (χ2v) is 5.45. The molecule has 0 spiro atoms. The van der Waals surface area contributed by atoms with Gasteiger partial charge in [-0.1, -0.05) is 26.2 Å². The number of nitrogens with one attached hydrogen (secondary N) is 1. The molecular weight excluding hydrogens is 214 g/mol. The molecule has 2 aliphatic rings. The fourth-order valence-corrected chi connectivity index (χ4v) is 2.78. The molecule has 0 amide bonds. The maximum absolute atomic E-state index is 5.90. The van der Waals surface area contributed by atoms with Crippen LogP contribution in [0, 0.1) is 5.92 Å². The third-order valence-corrected chi connectivity index (χ3v) is 3.99. The summed E-state index contributed by atoms with van der Waals surface area (Å²) >= 11 is 0. The molecule has 17 heavy (non-hydrogen) atoms.